The Hall–Kier alpha value is -1.35. The zero-order chi connectivity index (χ0) is 9.42. The lowest BCUT2D eigenvalue weighted by molar-refractivity contribution is 0.112. The molecular formula is C9H7ClN2O. The molecule has 0 saturated heterocycles. The summed E-state index contributed by atoms with van der Waals surface area (Å²) in [5.74, 6) is 0. The fourth-order valence-corrected chi connectivity index (χ4v) is 1.44. The lowest BCUT2D eigenvalue weighted by atomic mass is 10.2. The van der Waals surface area contributed by atoms with Gasteiger partial charge >= 0.3 is 0 Å². The van der Waals surface area contributed by atoms with Crippen molar-refractivity contribution in [1.82, 2.24) is 9.55 Å². The highest BCUT2D eigenvalue weighted by Crippen LogP contribution is 2.18. The molecule has 4 heteroatoms. The highest BCUT2D eigenvalue weighted by atomic mass is 35.5. The van der Waals surface area contributed by atoms with Crippen LogP contribution in [-0.4, -0.2) is 15.8 Å². The third-order valence-corrected chi connectivity index (χ3v) is 2.32. The Kier molecular flexibility index (Phi) is 1.81. The van der Waals surface area contributed by atoms with Crippen molar-refractivity contribution >= 4 is 28.9 Å². The number of carbonyl (C=O) groups excluding carboxylic acids is 1. The van der Waals surface area contributed by atoms with Gasteiger partial charge in [-0.3, -0.25) is 4.79 Å². The molecule has 0 unspecified atom stereocenters. The Labute approximate surface area is 79.9 Å². The summed E-state index contributed by atoms with van der Waals surface area (Å²) in [6, 6.07) is 5.29. The molecule has 0 N–H and O–H groups in total. The number of nitrogens with zero attached hydrogens (tertiary/aromatic N) is 2. The van der Waals surface area contributed by atoms with Crippen LogP contribution in [0.3, 0.4) is 0 Å². The van der Waals surface area contributed by atoms with Crippen LogP contribution in [0.1, 0.15) is 10.4 Å². The van der Waals surface area contributed by atoms with Crippen molar-refractivity contribution in [1.29, 1.82) is 0 Å². The molecule has 66 valence electrons. The van der Waals surface area contributed by atoms with E-state index in [-0.39, 0.29) is 0 Å². The van der Waals surface area contributed by atoms with Gasteiger partial charge in [-0.15, -0.1) is 0 Å². The van der Waals surface area contributed by atoms with E-state index in [2.05, 4.69) is 4.98 Å². The number of aldehydes is 1. The van der Waals surface area contributed by atoms with Crippen molar-refractivity contribution in [2.45, 2.75) is 0 Å². The van der Waals surface area contributed by atoms with Crippen LogP contribution < -0.4 is 0 Å². The molecule has 0 atom stereocenters. The van der Waals surface area contributed by atoms with E-state index in [1.165, 1.54) is 0 Å². The monoisotopic (exact) mass is 194 g/mol. The third-order valence-electron chi connectivity index (χ3n) is 1.99. The molecule has 0 aliphatic heterocycles. The molecule has 0 spiro atoms. The maximum absolute atomic E-state index is 10.5. The Morgan fingerprint density at radius 1 is 1.54 bits per heavy atom. The fourth-order valence-electron chi connectivity index (χ4n) is 1.26. The number of imidazole rings is 1. The van der Waals surface area contributed by atoms with Crippen LogP contribution in [-0.2, 0) is 7.05 Å². The smallest absolute Gasteiger partial charge is 0.203 e. The summed E-state index contributed by atoms with van der Waals surface area (Å²) in [6.45, 7) is 0. The molecule has 13 heavy (non-hydrogen) atoms. The van der Waals surface area contributed by atoms with Crippen LogP contribution in [0.25, 0.3) is 11.0 Å². The predicted molar refractivity (Wildman–Crippen MR) is 51.1 cm³/mol. The Morgan fingerprint density at radius 2 is 2.31 bits per heavy atom. The van der Waals surface area contributed by atoms with Gasteiger partial charge < -0.3 is 4.57 Å². The molecule has 1 aromatic heterocycles. The fraction of sp³-hybridized carbons (Fsp3) is 0.111. The van der Waals surface area contributed by atoms with Crippen molar-refractivity contribution in [3.63, 3.8) is 0 Å². The van der Waals surface area contributed by atoms with Gasteiger partial charge in [-0.05, 0) is 29.8 Å². The van der Waals surface area contributed by atoms with E-state index in [9.17, 15) is 4.79 Å². The minimum atomic E-state index is 0.429. The largest absolute Gasteiger partial charge is 0.318 e. The minimum Gasteiger partial charge on any atom is -0.318 e. The van der Waals surface area contributed by atoms with E-state index >= 15 is 0 Å². The van der Waals surface area contributed by atoms with Crippen molar-refractivity contribution in [3.8, 4) is 0 Å². The Bertz CT molecular complexity index is 476. The molecule has 0 bridgehead atoms. The summed E-state index contributed by atoms with van der Waals surface area (Å²) in [5, 5.41) is 0.429. The highest BCUT2D eigenvalue weighted by molar-refractivity contribution is 6.29. The van der Waals surface area contributed by atoms with Crippen LogP contribution in [0, 0.1) is 0 Å². The number of hydrogen-bond acceptors (Lipinski definition) is 2. The number of rotatable bonds is 1. The van der Waals surface area contributed by atoms with Gasteiger partial charge in [0.05, 0.1) is 11.0 Å². The second-order valence-corrected chi connectivity index (χ2v) is 3.14. The molecule has 2 rings (SSSR count). The molecule has 3 nitrogen and oxygen atoms in total. The lowest BCUT2D eigenvalue weighted by Gasteiger charge is -1.94. The quantitative estimate of drug-likeness (QED) is 0.652. The first-order valence-corrected chi connectivity index (χ1v) is 4.17. The van der Waals surface area contributed by atoms with E-state index in [1.54, 1.807) is 16.7 Å². The molecule has 2 aromatic rings. The maximum atomic E-state index is 10.5. The van der Waals surface area contributed by atoms with Crippen LogP contribution >= 0.6 is 11.6 Å². The summed E-state index contributed by atoms with van der Waals surface area (Å²) < 4.78 is 1.77. The average Bonchev–Trinajstić information content (AvgIpc) is 2.42. The third kappa shape index (κ3) is 1.21. The van der Waals surface area contributed by atoms with Gasteiger partial charge in [0.25, 0.3) is 0 Å². The summed E-state index contributed by atoms with van der Waals surface area (Å²) >= 11 is 5.81. The standard InChI is InChI=1S/C9H7ClN2O/c1-12-8-3-2-6(5-13)4-7(8)11-9(12)10/h2-5H,1H3. The van der Waals surface area contributed by atoms with Crippen molar-refractivity contribution in [3.05, 3.63) is 29.0 Å². The van der Waals surface area contributed by atoms with Gasteiger partial charge in [0.15, 0.2) is 0 Å². The van der Waals surface area contributed by atoms with E-state index in [1.807, 2.05) is 13.1 Å². The molecule has 0 fully saturated rings. The highest BCUT2D eigenvalue weighted by Gasteiger charge is 2.04. The zero-order valence-corrected chi connectivity index (χ0v) is 7.75. The van der Waals surface area contributed by atoms with E-state index in [0.717, 1.165) is 17.3 Å². The zero-order valence-electron chi connectivity index (χ0n) is 6.99. The van der Waals surface area contributed by atoms with Crippen molar-refractivity contribution in [2.24, 2.45) is 7.05 Å². The molecule has 0 saturated carbocycles. The van der Waals surface area contributed by atoms with Crippen molar-refractivity contribution in [2.75, 3.05) is 0 Å². The number of fused-ring (bicyclic) bond motifs is 1. The molecule has 0 radical (unpaired) electrons. The summed E-state index contributed by atoms with van der Waals surface area (Å²) in [6.07, 6.45) is 0.794. The van der Waals surface area contributed by atoms with Gasteiger partial charge in [-0.25, -0.2) is 4.98 Å². The molecule has 1 heterocycles. The first-order valence-electron chi connectivity index (χ1n) is 3.79. The van der Waals surface area contributed by atoms with E-state index < -0.39 is 0 Å². The molecule has 1 aromatic carbocycles. The van der Waals surface area contributed by atoms with Gasteiger partial charge in [0.2, 0.25) is 5.28 Å². The summed E-state index contributed by atoms with van der Waals surface area (Å²) in [7, 11) is 1.83. The maximum Gasteiger partial charge on any atom is 0.203 e. The Balaban J connectivity index is 2.79. The SMILES string of the molecule is Cn1c(Cl)nc2cc(C=O)ccc21. The predicted octanol–water partition coefficient (Wildman–Crippen LogP) is 2.04. The van der Waals surface area contributed by atoms with Crippen LogP contribution in [0.4, 0.5) is 0 Å². The first kappa shape index (κ1) is 8.26. The van der Waals surface area contributed by atoms with E-state index in [0.29, 0.717) is 10.8 Å². The minimum absolute atomic E-state index is 0.429. The molecule has 0 amide bonds. The molecular weight excluding hydrogens is 188 g/mol. The normalized spacial score (nSPS) is 10.6. The van der Waals surface area contributed by atoms with Gasteiger partial charge in [-0.1, -0.05) is 0 Å². The molecule has 0 aliphatic carbocycles. The van der Waals surface area contributed by atoms with Gasteiger partial charge in [-0.2, -0.15) is 0 Å². The summed E-state index contributed by atoms with van der Waals surface area (Å²) in [5.41, 5.74) is 2.29. The second kappa shape index (κ2) is 2.85. The van der Waals surface area contributed by atoms with E-state index in [4.69, 9.17) is 11.6 Å². The number of aromatic nitrogens is 2. The number of benzene rings is 1. The topological polar surface area (TPSA) is 34.9 Å². The first-order chi connectivity index (χ1) is 6.22. The number of halogens is 1. The summed E-state index contributed by atoms with van der Waals surface area (Å²) in [4.78, 5) is 14.6. The second-order valence-electron chi connectivity index (χ2n) is 2.81. The molecule has 0 aliphatic rings. The number of carbonyl (C=O) groups is 1. The van der Waals surface area contributed by atoms with Crippen molar-refractivity contribution < 1.29 is 4.79 Å². The van der Waals surface area contributed by atoms with Gasteiger partial charge in [0, 0.05) is 12.6 Å². The van der Waals surface area contributed by atoms with Crippen LogP contribution in [0.5, 0.6) is 0 Å². The number of hydrogen-bond donors (Lipinski definition) is 0. The lowest BCUT2D eigenvalue weighted by Crippen LogP contribution is -1.86. The average molecular weight is 195 g/mol. The van der Waals surface area contributed by atoms with Gasteiger partial charge in [0.1, 0.15) is 6.29 Å². The Morgan fingerprint density at radius 3 is 3.00 bits per heavy atom. The number of aryl methyl sites for hydroxylation is 1. The van der Waals surface area contributed by atoms with Crippen LogP contribution in [0.15, 0.2) is 18.2 Å². The van der Waals surface area contributed by atoms with Crippen LogP contribution in [0.2, 0.25) is 5.28 Å².